The number of hydrogen-bond donors (Lipinski definition) is 0. The lowest BCUT2D eigenvalue weighted by atomic mass is 10.0. The van der Waals surface area contributed by atoms with Crippen molar-refractivity contribution >= 4 is 44.7 Å². The molecule has 0 saturated carbocycles. The van der Waals surface area contributed by atoms with Crippen molar-refractivity contribution in [3.63, 3.8) is 0 Å². The molecule has 0 spiro atoms. The third kappa shape index (κ3) is 2.37. The van der Waals surface area contributed by atoms with Gasteiger partial charge in [0.15, 0.2) is 5.78 Å². The highest BCUT2D eigenvalue weighted by atomic mass is 79.9. The van der Waals surface area contributed by atoms with Gasteiger partial charge in [-0.1, -0.05) is 11.6 Å². The van der Waals surface area contributed by atoms with Crippen molar-refractivity contribution in [1.82, 2.24) is 0 Å². The first-order valence-corrected chi connectivity index (χ1v) is 6.73. The highest BCUT2D eigenvalue weighted by molar-refractivity contribution is 9.10. The summed E-state index contributed by atoms with van der Waals surface area (Å²) >= 11 is 10.8. The first kappa shape index (κ1) is 11.8. The number of benzene rings is 1. The third-order valence-corrected chi connectivity index (χ3v) is 4.08. The van der Waals surface area contributed by atoms with E-state index in [1.807, 2.05) is 29.8 Å². The molecular weight excluding hydrogens is 308 g/mol. The Morgan fingerprint density at radius 1 is 1.31 bits per heavy atom. The van der Waals surface area contributed by atoms with Crippen molar-refractivity contribution in [3.8, 4) is 0 Å². The van der Waals surface area contributed by atoms with Crippen LogP contribution in [0.15, 0.2) is 33.4 Å². The van der Waals surface area contributed by atoms with Crippen LogP contribution in [0.25, 0.3) is 0 Å². The molecule has 2 aromatic rings. The van der Waals surface area contributed by atoms with Gasteiger partial charge in [-0.05, 0) is 46.6 Å². The fourth-order valence-electron chi connectivity index (χ4n) is 1.47. The largest absolute Gasteiger partial charge is 0.289 e. The molecular formula is C12H8BrClOS. The van der Waals surface area contributed by atoms with E-state index in [0.717, 1.165) is 10.0 Å². The van der Waals surface area contributed by atoms with E-state index < -0.39 is 0 Å². The van der Waals surface area contributed by atoms with E-state index in [1.54, 1.807) is 6.07 Å². The molecule has 1 nitrogen and oxygen atoms in total. The van der Waals surface area contributed by atoms with E-state index in [9.17, 15) is 4.79 Å². The van der Waals surface area contributed by atoms with E-state index >= 15 is 0 Å². The van der Waals surface area contributed by atoms with E-state index in [-0.39, 0.29) is 5.78 Å². The molecule has 0 aliphatic heterocycles. The van der Waals surface area contributed by atoms with Gasteiger partial charge in [0.25, 0.3) is 0 Å². The summed E-state index contributed by atoms with van der Waals surface area (Å²) in [7, 11) is 0. The Labute approximate surface area is 111 Å². The first-order chi connectivity index (χ1) is 7.58. The smallest absolute Gasteiger partial charge is 0.195 e. The Balaban J connectivity index is 2.45. The van der Waals surface area contributed by atoms with Gasteiger partial charge in [-0.25, -0.2) is 0 Å². The zero-order valence-electron chi connectivity index (χ0n) is 8.46. The zero-order chi connectivity index (χ0) is 11.7. The highest BCUT2D eigenvalue weighted by Gasteiger charge is 2.14. The Morgan fingerprint density at radius 3 is 2.62 bits per heavy atom. The second-order valence-corrected chi connectivity index (χ2v) is 5.51. The van der Waals surface area contributed by atoms with Crippen LogP contribution in [-0.4, -0.2) is 5.78 Å². The molecule has 2 rings (SSSR count). The van der Waals surface area contributed by atoms with Gasteiger partial charge >= 0.3 is 0 Å². The van der Waals surface area contributed by atoms with Crippen LogP contribution >= 0.6 is 38.9 Å². The van der Waals surface area contributed by atoms with Crippen molar-refractivity contribution in [2.45, 2.75) is 6.92 Å². The molecule has 0 fully saturated rings. The minimum Gasteiger partial charge on any atom is -0.289 e. The molecule has 0 radical (unpaired) electrons. The summed E-state index contributed by atoms with van der Waals surface area (Å²) < 4.78 is 0.833. The van der Waals surface area contributed by atoms with Gasteiger partial charge in [0.05, 0.1) is 0 Å². The van der Waals surface area contributed by atoms with Crippen LogP contribution in [0.3, 0.4) is 0 Å². The molecule has 16 heavy (non-hydrogen) atoms. The number of rotatable bonds is 2. The van der Waals surface area contributed by atoms with Crippen LogP contribution in [0.4, 0.5) is 0 Å². The van der Waals surface area contributed by atoms with Crippen molar-refractivity contribution in [1.29, 1.82) is 0 Å². The lowest BCUT2D eigenvalue weighted by molar-refractivity contribution is 0.103. The summed E-state index contributed by atoms with van der Waals surface area (Å²) in [5.74, 6) is -0.00118. The van der Waals surface area contributed by atoms with Gasteiger partial charge in [0.1, 0.15) is 0 Å². The van der Waals surface area contributed by atoms with Crippen LogP contribution in [-0.2, 0) is 0 Å². The van der Waals surface area contributed by atoms with Gasteiger partial charge in [-0.2, -0.15) is 11.3 Å². The molecule has 0 atom stereocenters. The molecule has 82 valence electrons. The fourth-order valence-corrected chi connectivity index (χ4v) is 3.21. The molecule has 4 heteroatoms. The molecule has 1 aromatic carbocycles. The number of thiophene rings is 1. The third-order valence-electron chi connectivity index (χ3n) is 2.16. The summed E-state index contributed by atoms with van der Waals surface area (Å²) in [6, 6.07) is 5.38. The second-order valence-electron chi connectivity index (χ2n) is 3.48. The van der Waals surface area contributed by atoms with Gasteiger partial charge in [0, 0.05) is 31.4 Å². The van der Waals surface area contributed by atoms with Crippen molar-refractivity contribution in [2.24, 2.45) is 0 Å². The van der Waals surface area contributed by atoms with Gasteiger partial charge in [-0.15, -0.1) is 0 Å². The average Bonchev–Trinajstić information content (AvgIpc) is 2.62. The molecule has 0 aliphatic rings. The van der Waals surface area contributed by atoms with Crippen LogP contribution in [0.2, 0.25) is 5.02 Å². The highest BCUT2D eigenvalue weighted by Crippen LogP contribution is 2.25. The summed E-state index contributed by atoms with van der Waals surface area (Å²) in [5, 5.41) is 4.32. The second kappa shape index (κ2) is 4.70. The molecule has 0 aliphatic carbocycles. The summed E-state index contributed by atoms with van der Waals surface area (Å²) in [4.78, 5) is 12.2. The van der Waals surface area contributed by atoms with Crippen LogP contribution in [0.1, 0.15) is 21.5 Å². The zero-order valence-corrected chi connectivity index (χ0v) is 11.6. The van der Waals surface area contributed by atoms with Crippen molar-refractivity contribution in [2.75, 3.05) is 0 Å². The van der Waals surface area contributed by atoms with E-state index in [1.165, 1.54) is 11.3 Å². The minimum absolute atomic E-state index is 0.00118. The normalized spacial score (nSPS) is 10.4. The van der Waals surface area contributed by atoms with Crippen LogP contribution in [0, 0.1) is 6.92 Å². The maximum absolute atomic E-state index is 12.2. The number of carbonyl (C=O) groups is 1. The Morgan fingerprint density at radius 2 is 2.06 bits per heavy atom. The molecule has 0 N–H and O–H groups in total. The maximum atomic E-state index is 12.2. The Bertz CT molecular complexity index is 527. The van der Waals surface area contributed by atoms with Crippen LogP contribution < -0.4 is 0 Å². The lowest BCUT2D eigenvalue weighted by Crippen LogP contribution is -2.00. The number of halogens is 2. The Hall–Kier alpha value is -0.640. The molecule has 1 heterocycles. The predicted octanol–water partition coefficient (Wildman–Crippen LogP) is 4.70. The lowest BCUT2D eigenvalue weighted by Gasteiger charge is -2.02. The molecule has 1 aromatic heterocycles. The number of carbonyl (C=O) groups excluding carboxylic acids is 1. The minimum atomic E-state index is -0.00118. The van der Waals surface area contributed by atoms with E-state index in [4.69, 9.17) is 11.6 Å². The SMILES string of the molecule is Cc1cc(Cl)cc(C(=O)c2cscc2Br)c1. The maximum Gasteiger partial charge on any atom is 0.195 e. The molecule has 0 amide bonds. The number of aryl methyl sites for hydroxylation is 1. The number of ketones is 1. The van der Waals surface area contributed by atoms with Gasteiger partial charge < -0.3 is 0 Å². The molecule has 0 bridgehead atoms. The van der Waals surface area contributed by atoms with E-state index in [2.05, 4.69) is 15.9 Å². The standard InChI is InChI=1S/C12H8BrClOS/c1-7-2-8(4-9(14)3-7)12(15)10-5-16-6-11(10)13/h2-6H,1H3. The van der Waals surface area contributed by atoms with Crippen LogP contribution in [0.5, 0.6) is 0 Å². The van der Waals surface area contributed by atoms with E-state index in [0.29, 0.717) is 16.1 Å². The quantitative estimate of drug-likeness (QED) is 0.734. The Kier molecular flexibility index (Phi) is 3.47. The monoisotopic (exact) mass is 314 g/mol. The van der Waals surface area contributed by atoms with Gasteiger partial charge in [0.2, 0.25) is 0 Å². The predicted molar refractivity (Wildman–Crippen MR) is 71.6 cm³/mol. The molecule has 0 saturated heterocycles. The molecule has 0 unspecified atom stereocenters. The first-order valence-electron chi connectivity index (χ1n) is 4.61. The van der Waals surface area contributed by atoms with Crippen molar-refractivity contribution < 1.29 is 4.79 Å². The summed E-state index contributed by atoms with van der Waals surface area (Å²) in [6.07, 6.45) is 0. The number of hydrogen-bond acceptors (Lipinski definition) is 2. The fraction of sp³-hybridized carbons (Fsp3) is 0.0833. The van der Waals surface area contributed by atoms with Gasteiger partial charge in [-0.3, -0.25) is 4.79 Å². The van der Waals surface area contributed by atoms with Crippen molar-refractivity contribution in [3.05, 3.63) is 55.1 Å². The summed E-state index contributed by atoms with van der Waals surface area (Å²) in [5.41, 5.74) is 2.30. The average molecular weight is 316 g/mol. The summed E-state index contributed by atoms with van der Waals surface area (Å²) in [6.45, 7) is 1.92. The topological polar surface area (TPSA) is 17.1 Å².